The molecule has 268 valence electrons. The van der Waals surface area contributed by atoms with Gasteiger partial charge in [0.2, 0.25) is 0 Å². The largest absolute Gasteiger partial charge is 0.466 e. The number of imidazole rings is 1. The van der Waals surface area contributed by atoms with E-state index < -0.39 is 5.92 Å². The molecule has 0 aliphatic carbocycles. The van der Waals surface area contributed by atoms with Gasteiger partial charge >= 0.3 is 11.9 Å². The lowest BCUT2D eigenvalue weighted by Crippen LogP contribution is -2.26. The molecule has 1 heterocycles. The number of aromatic nitrogens is 2. The Morgan fingerprint density at radius 2 is 1.43 bits per heavy atom. The predicted molar refractivity (Wildman–Crippen MR) is 193 cm³/mol. The Morgan fingerprint density at radius 3 is 1.98 bits per heavy atom. The first-order valence-electron chi connectivity index (χ1n) is 18.5. The maximum Gasteiger partial charge on any atom is 0.310 e. The molecular weight excluding hydrogens is 598 g/mol. The number of carbonyl (C=O) groups is 3. The molecule has 1 rings (SSSR count). The number of nitrogens with two attached hydrogens (primary N) is 1. The summed E-state index contributed by atoms with van der Waals surface area (Å²) in [5, 5.41) is 0. The summed E-state index contributed by atoms with van der Waals surface area (Å²) in [7, 11) is 0. The lowest BCUT2D eigenvalue weighted by atomic mass is 10.0. The lowest BCUT2D eigenvalue weighted by Gasteiger charge is -2.21. The third-order valence-electron chi connectivity index (χ3n) is 7.97. The first-order valence-corrected chi connectivity index (χ1v) is 19.7. The van der Waals surface area contributed by atoms with Crippen molar-refractivity contribution in [2.75, 3.05) is 24.7 Å². The van der Waals surface area contributed by atoms with Gasteiger partial charge in [0.25, 0.3) is 0 Å². The molecule has 0 aliphatic rings. The zero-order valence-electron chi connectivity index (χ0n) is 29.8. The van der Waals surface area contributed by atoms with E-state index in [-0.39, 0.29) is 24.5 Å². The number of ether oxygens (including phenoxy) is 2. The number of unbranched alkanes of at least 4 members (excludes halogenated alkanes) is 13. The van der Waals surface area contributed by atoms with Crippen LogP contribution < -0.4 is 5.73 Å². The highest BCUT2D eigenvalue weighted by atomic mass is 32.2. The fourth-order valence-corrected chi connectivity index (χ4v) is 6.07. The smallest absolute Gasteiger partial charge is 0.310 e. The van der Waals surface area contributed by atoms with Crippen LogP contribution in [0.4, 0.5) is 0 Å². The van der Waals surface area contributed by atoms with E-state index >= 15 is 0 Å². The van der Waals surface area contributed by atoms with Crippen LogP contribution in [0.5, 0.6) is 0 Å². The average Bonchev–Trinajstić information content (AvgIpc) is 3.58. The van der Waals surface area contributed by atoms with Crippen molar-refractivity contribution in [3.63, 3.8) is 0 Å². The van der Waals surface area contributed by atoms with Gasteiger partial charge in [0.15, 0.2) is 0 Å². The summed E-state index contributed by atoms with van der Waals surface area (Å²) in [6.07, 6.45) is 28.7. The number of aldehydes is 1. The molecule has 0 amide bonds. The summed E-state index contributed by atoms with van der Waals surface area (Å²) >= 11 is 1.53. The second kappa shape index (κ2) is 34.5. The van der Waals surface area contributed by atoms with Gasteiger partial charge in [0, 0.05) is 36.9 Å². The Bertz CT molecular complexity index is 793. The number of thioether (sulfide) groups is 1. The van der Waals surface area contributed by atoms with Gasteiger partial charge in [-0.15, -0.1) is 0 Å². The van der Waals surface area contributed by atoms with Gasteiger partial charge in [0.05, 0.1) is 25.3 Å². The summed E-state index contributed by atoms with van der Waals surface area (Å²) in [4.78, 5) is 40.0. The van der Waals surface area contributed by atoms with E-state index in [1.807, 2.05) is 10.8 Å². The molecule has 1 atom stereocenters. The Morgan fingerprint density at radius 1 is 0.848 bits per heavy atom. The molecule has 0 radical (unpaired) electrons. The van der Waals surface area contributed by atoms with Crippen molar-refractivity contribution in [3.05, 3.63) is 18.7 Å². The minimum absolute atomic E-state index is 0.0494. The van der Waals surface area contributed by atoms with Crippen molar-refractivity contribution in [1.82, 2.24) is 9.55 Å². The van der Waals surface area contributed by atoms with Gasteiger partial charge in [-0.2, -0.15) is 11.8 Å². The van der Waals surface area contributed by atoms with E-state index in [0.29, 0.717) is 24.5 Å². The molecule has 0 aromatic carbocycles. The first-order chi connectivity index (χ1) is 22.5. The first kappa shape index (κ1) is 44.1. The molecule has 1 unspecified atom stereocenters. The number of nitrogens with zero attached hydrogens (tertiary/aromatic N) is 2. The van der Waals surface area contributed by atoms with Crippen LogP contribution in [-0.4, -0.2) is 58.5 Å². The number of esters is 2. The van der Waals surface area contributed by atoms with Crippen LogP contribution in [0.15, 0.2) is 18.7 Å². The van der Waals surface area contributed by atoms with E-state index in [4.69, 9.17) is 15.2 Å². The van der Waals surface area contributed by atoms with E-state index in [0.717, 1.165) is 70.7 Å². The molecule has 8 nitrogen and oxygen atoms in total. The van der Waals surface area contributed by atoms with Crippen molar-refractivity contribution >= 4 is 30.0 Å². The Balaban J connectivity index is 0.00000191. The highest BCUT2D eigenvalue weighted by molar-refractivity contribution is 7.99. The third kappa shape index (κ3) is 28.4. The Labute approximate surface area is 286 Å². The standard InChI is InChI=1S/C31H58O5S.C6H11N3/c1-4-7-10-13-15-17-20-29(21-18-16-14-11-8-5-2)36-31(34)28(22-24-32)27-37-26-23-30(33)35-25-19-12-9-6-3;7-2-1-4-9-5-3-8-6-9/h24,28-29H,4-23,25-27H2,1-3H3;3,5-6H,1-2,4,7H2. The summed E-state index contributed by atoms with van der Waals surface area (Å²) in [6.45, 7) is 8.83. The van der Waals surface area contributed by atoms with Crippen LogP contribution >= 0.6 is 11.8 Å². The highest BCUT2D eigenvalue weighted by Gasteiger charge is 2.23. The Hall–Kier alpha value is -1.87. The fraction of sp³-hybridized carbons (Fsp3) is 0.838. The van der Waals surface area contributed by atoms with Gasteiger partial charge in [-0.3, -0.25) is 9.59 Å². The van der Waals surface area contributed by atoms with Crippen LogP contribution in [0, 0.1) is 5.92 Å². The Kier molecular flexibility index (Phi) is 33.1. The monoisotopic (exact) mass is 667 g/mol. The summed E-state index contributed by atoms with van der Waals surface area (Å²) in [6, 6.07) is 0. The average molecular weight is 668 g/mol. The molecule has 0 spiro atoms. The molecule has 2 N–H and O–H groups in total. The normalized spacial score (nSPS) is 11.6. The van der Waals surface area contributed by atoms with Crippen molar-refractivity contribution in [3.8, 4) is 0 Å². The van der Waals surface area contributed by atoms with E-state index in [1.54, 1.807) is 12.5 Å². The van der Waals surface area contributed by atoms with Crippen LogP contribution in [0.25, 0.3) is 0 Å². The fourth-order valence-electron chi connectivity index (χ4n) is 5.04. The maximum atomic E-state index is 13.0. The summed E-state index contributed by atoms with van der Waals surface area (Å²) < 4.78 is 13.3. The second-order valence-corrected chi connectivity index (χ2v) is 13.5. The molecule has 0 aliphatic heterocycles. The number of hydrogen-bond donors (Lipinski definition) is 1. The summed E-state index contributed by atoms with van der Waals surface area (Å²) in [5.74, 6) is 0.220. The number of hydrogen-bond acceptors (Lipinski definition) is 8. The second-order valence-electron chi connectivity index (χ2n) is 12.3. The minimum Gasteiger partial charge on any atom is -0.466 e. The van der Waals surface area contributed by atoms with Crippen LogP contribution in [-0.2, 0) is 30.4 Å². The molecule has 9 heteroatoms. The van der Waals surface area contributed by atoms with Crippen molar-refractivity contribution < 1.29 is 23.9 Å². The van der Waals surface area contributed by atoms with Gasteiger partial charge in [-0.05, 0) is 45.1 Å². The number of rotatable bonds is 31. The minimum atomic E-state index is -0.441. The number of aryl methyl sites for hydroxylation is 1. The molecule has 46 heavy (non-hydrogen) atoms. The van der Waals surface area contributed by atoms with Gasteiger partial charge < -0.3 is 24.6 Å². The van der Waals surface area contributed by atoms with Crippen LogP contribution in [0.1, 0.15) is 156 Å². The van der Waals surface area contributed by atoms with Crippen LogP contribution in [0.3, 0.4) is 0 Å². The van der Waals surface area contributed by atoms with E-state index in [1.165, 1.54) is 82.4 Å². The lowest BCUT2D eigenvalue weighted by molar-refractivity contribution is -0.154. The molecule has 1 aromatic rings. The summed E-state index contributed by atoms with van der Waals surface area (Å²) in [5.41, 5.74) is 5.31. The van der Waals surface area contributed by atoms with E-state index in [9.17, 15) is 14.4 Å². The van der Waals surface area contributed by atoms with Gasteiger partial charge in [-0.1, -0.05) is 104 Å². The van der Waals surface area contributed by atoms with Crippen molar-refractivity contribution in [2.45, 2.75) is 168 Å². The maximum absolute atomic E-state index is 13.0. The van der Waals surface area contributed by atoms with Crippen molar-refractivity contribution in [1.29, 1.82) is 0 Å². The van der Waals surface area contributed by atoms with E-state index in [2.05, 4.69) is 25.8 Å². The molecular formula is C37H69N3O5S. The predicted octanol–water partition coefficient (Wildman–Crippen LogP) is 9.08. The molecule has 0 saturated carbocycles. The zero-order valence-corrected chi connectivity index (χ0v) is 30.6. The third-order valence-corrected chi connectivity index (χ3v) is 9.10. The quantitative estimate of drug-likeness (QED) is 0.0474. The molecule has 0 bridgehead atoms. The number of carbonyl (C=O) groups excluding carboxylic acids is 3. The van der Waals surface area contributed by atoms with Gasteiger partial charge in [-0.25, -0.2) is 4.98 Å². The molecule has 1 aromatic heterocycles. The highest BCUT2D eigenvalue weighted by Crippen LogP contribution is 2.21. The van der Waals surface area contributed by atoms with Crippen molar-refractivity contribution in [2.24, 2.45) is 11.7 Å². The SMILES string of the molecule is CCCCCCCCC(CCCCCCCC)OC(=O)C(CC=O)CSCCC(=O)OCCCCCC.NCCCn1ccnc1. The zero-order chi connectivity index (χ0) is 33.9. The molecule has 0 fully saturated rings. The van der Waals surface area contributed by atoms with Gasteiger partial charge in [0.1, 0.15) is 12.4 Å². The molecule has 0 saturated heterocycles. The topological polar surface area (TPSA) is 114 Å². The van der Waals surface area contributed by atoms with Crippen LogP contribution in [0.2, 0.25) is 0 Å².